The smallest absolute Gasteiger partial charge is 0.240 e. The number of carbonyl (C=O) groups excluding carboxylic acids is 1. The fourth-order valence-electron chi connectivity index (χ4n) is 1.81. The number of anilines is 1. The van der Waals surface area contributed by atoms with Crippen LogP contribution in [0.2, 0.25) is 0 Å². The van der Waals surface area contributed by atoms with Gasteiger partial charge in [0.15, 0.2) is 0 Å². The normalized spacial score (nSPS) is 16.6. The van der Waals surface area contributed by atoms with Crippen molar-refractivity contribution in [3.8, 4) is 0 Å². The maximum Gasteiger partial charge on any atom is 0.240 e. The molecule has 0 spiro atoms. The molecule has 0 aromatic heterocycles. The van der Waals surface area contributed by atoms with E-state index in [9.17, 15) is 4.79 Å². The Hall–Kier alpha value is -1.43. The third kappa shape index (κ3) is 2.38. The van der Waals surface area contributed by atoms with E-state index in [0.29, 0.717) is 19.6 Å². The van der Waals surface area contributed by atoms with E-state index in [1.807, 2.05) is 24.3 Å². The van der Waals surface area contributed by atoms with Crippen LogP contribution in [0.1, 0.15) is 5.56 Å². The van der Waals surface area contributed by atoms with Gasteiger partial charge in [-0.25, -0.2) is 5.48 Å². The molecule has 0 aliphatic carbocycles. The molecule has 2 rings (SSSR count). The van der Waals surface area contributed by atoms with Crippen LogP contribution in [0.4, 0.5) is 5.69 Å². The standard InChI is InChI=1S/C11H15N3O2/c15-11-8-12-4-5-14(11)10-3-1-2-9(6-10)7-13-16/h1-3,6,12-13,16H,4-5,7-8H2. The minimum Gasteiger partial charge on any atom is -0.316 e. The van der Waals surface area contributed by atoms with E-state index in [0.717, 1.165) is 17.8 Å². The Labute approximate surface area is 94.0 Å². The van der Waals surface area contributed by atoms with Gasteiger partial charge in [-0.05, 0) is 17.7 Å². The number of piperazine rings is 1. The summed E-state index contributed by atoms with van der Waals surface area (Å²) in [5.41, 5.74) is 3.95. The van der Waals surface area contributed by atoms with Crippen LogP contribution in [-0.2, 0) is 11.3 Å². The van der Waals surface area contributed by atoms with Crippen LogP contribution < -0.4 is 15.7 Å². The first-order chi connectivity index (χ1) is 7.81. The molecule has 5 heteroatoms. The lowest BCUT2D eigenvalue weighted by Gasteiger charge is -2.27. The van der Waals surface area contributed by atoms with Crippen molar-refractivity contribution < 1.29 is 10.0 Å². The average molecular weight is 221 g/mol. The summed E-state index contributed by atoms with van der Waals surface area (Å²) in [4.78, 5) is 13.4. The molecule has 1 aromatic rings. The van der Waals surface area contributed by atoms with Crippen molar-refractivity contribution in [3.05, 3.63) is 29.8 Å². The predicted molar refractivity (Wildman–Crippen MR) is 60.3 cm³/mol. The van der Waals surface area contributed by atoms with E-state index >= 15 is 0 Å². The zero-order chi connectivity index (χ0) is 11.4. The van der Waals surface area contributed by atoms with E-state index in [-0.39, 0.29) is 5.91 Å². The van der Waals surface area contributed by atoms with Crippen LogP contribution in [0.25, 0.3) is 0 Å². The van der Waals surface area contributed by atoms with Crippen LogP contribution in [0, 0.1) is 0 Å². The number of carbonyl (C=O) groups is 1. The molecule has 1 saturated heterocycles. The molecule has 1 heterocycles. The number of nitrogens with zero attached hydrogens (tertiary/aromatic N) is 1. The van der Waals surface area contributed by atoms with Gasteiger partial charge in [0, 0.05) is 25.3 Å². The van der Waals surface area contributed by atoms with E-state index < -0.39 is 0 Å². The predicted octanol–water partition coefficient (Wildman–Crippen LogP) is 0.102. The van der Waals surface area contributed by atoms with Crippen molar-refractivity contribution >= 4 is 11.6 Å². The quantitative estimate of drug-likeness (QED) is 0.633. The van der Waals surface area contributed by atoms with Gasteiger partial charge in [-0.2, -0.15) is 0 Å². The average Bonchev–Trinajstić information content (AvgIpc) is 2.30. The number of hydrogen-bond donors (Lipinski definition) is 3. The summed E-state index contributed by atoms with van der Waals surface area (Å²) in [7, 11) is 0. The van der Waals surface area contributed by atoms with Crippen molar-refractivity contribution in [2.24, 2.45) is 0 Å². The Morgan fingerprint density at radius 2 is 2.38 bits per heavy atom. The summed E-state index contributed by atoms with van der Waals surface area (Å²) < 4.78 is 0. The molecule has 0 saturated carbocycles. The summed E-state index contributed by atoms with van der Waals surface area (Å²) >= 11 is 0. The van der Waals surface area contributed by atoms with Gasteiger partial charge in [-0.1, -0.05) is 12.1 Å². The molecule has 86 valence electrons. The minimum atomic E-state index is 0.0837. The molecule has 5 nitrogen and oxygen atoms in total. The van der Waals surface area contributed by atoms with Crippen molar-refractivity contribution in [3.63, 3.8) is 0 Å². The molecule has 0 unspecified atom stereocenters. The molecule has 1 aliphatic heterocycles. The summed E-state index contributed by atoms with van der Waals surface area (Å²) in [5, 5.41) is 11.7. The van der Waals surface area contributed by atoms with Crippen molar-refractivity contribution in [1.29, 1.82) is 0 Å². The van der Waals surface area contributed by atoms with Gasteiger partial charge in [0.2, 0.25) is 5.91 Å². The molecule has 1 amide bonds. The first-order valence-electron chi connectivity index (χ1n) is 5.28. The second-order valence-electron chi connectivity index (χ2n) is 3.73. The second-order valence-corrected chi connectivity index (χ2v) is 3.73. The van der Waals surface area contributed by atoms with E-state index in [4.69, 9.17) is 5.21 Å². The van der Waals surface area contributed by atoms with Crippen molar-refractivity contribution in [2.75, 3.05) is 24.5 Å². The van der Waals surface area contributed by atoms with Gasteiger partial charge < -0.3 is 15.4 Å². The Morgan fingerprint density at radius 3 is 3.12 bits per heavy atom. The molecular formula is C11H15N3O2. The second kappa shape index (κ2) is 5.07. The van der Waals surface area contributed by atoms with Gasteiger partial charge in [0.05, 0.1) is 6.54 Å². The highest BCUT2D eigenvalue weighted by Crippen LogP contribution is 2.17. The Morgan fingerprint density at radius 1 is 1.50 bits per heavy atom. The molecule has 1 aromatic carbocycles. The van der Waals surface area contributed by atoms with Crippen LogP contribution >= 0.6 is 0 Å². The Bertz CT molecular complexity index is 381. The monoisotopic (exact) mass is 221 g/mol. The third-order valence-electron chi connectivity index (χ3n) is 2.59. The van der Waals surface area contributed by atoms with Crippen LogP contribution in [0.5, 0.6) is 0 Å². The lowest BCUT2D eigenvalue weighted by Crippen LogP contribution is -2.48. The highest BCUT2D eigenvalue weighted by molar-refractivity contribution is 5.95. The molecule has 16 heavy (non-hydrogen) atoms. The molecule has 1 aliphatic rings. The van der Waals surface area contributed by atoms with Gasteiger partial charge in [-0.3, -0.25) is 4.79 Å². The van der Waals surface area contributed by atoms with Gasteiger partial charge in [0.1, 0.15) is 0 Å². The lowest BCUT2D eigenvalue weighted by atomic mass is 10.1. The van der Waals surface area contributed by atoms with Crippen LogP contribution in [-0.4, -0.2) is 30.7 Å². The van der Waals surface area contributed by atoms with E-state index in [2.05, 4.69) is 10.8 Å². The summed E-state index contributed by atoms with van der Waals surface area (Å²) in [6.07, 6.45) is 0. The van der Waals surface area contributed by atoms with E-state index in [1.165, 1.54) is 0 Å². The first-order valence-corrected chi connectivity index (χ1v) is 5.28. The highest BCUT2D eigenvalue weighted by atomic mass is 16.5. The molecule has 0 atom stereocenters. The summed E-state index contributed by atoms with van der Waals surface area (Å²) in [6, 6.07) is 7.60. The number of amides is 1. The lowest BCUT2D eigenvalue weighted by molar-refractivity contribution is -0.118. The fourth-order valence-corrected chi connectivity index (χ4v) is 1.81. The topological polar surface area (TPSA) is 64.6 Å². The highest BCUT2D eigenvalue weighted by Gasteiger charge is 2.18. The number of benzene rings is 1. The number of hydrogen-bond acceptors (Lipinski definition) is 4. The Balaban J connectivity index is 2.18. The van der Waals surface area contributed by atoms with Gasteiger partial charge in [0.25, 0.3) is 0 Å². The zero-order valence-corrected chi connectivity index (χ0v) is 8.94. The number of hydroxylamine groups is 1. The number of nitrogens with one attached hydrogen (secondary N) is 2. The zero-order valence-electron chi connectivity index (χ0n) is 8.94. The molecule has 3 N–H and O–H groups in total. The minimum absolute atomic E-state index is 0.0837. The fraction of sp³-hybridized carbons (Fsp3) is 0.364. The van der Waals surface area contributed by atoms with Crippen molar-refractivity contribution in [1.82, 2.24) is 10.8 Å². The largest absolute Gasteiger partial charge is 0.316 e. The third-order valence-corrected chi connectivity index (χ3v) is 2.59. The van der Waals surface area contributed by atoms with Crippen LogP contribution in [0.15, 0.2) is 24.3 Å². The molecule has 0 radical (unpaired) electrons. The summed E-state index contributed by atoms with van der Waals surface area (Å²) in [5.74, 6) is 0.0837. The maximum atomic E-state index is 11.7. The molecule has 1 fully saturated rings. The summed E-state index contributed by atoms with van der Waals surface area (Å²) in [6.45, 7) is 2.28. The van der Waals surface area contributed by atoms with E-state index in [1.54, 1.807) is 4.90 Å². The first kappa shape index (κ1) is 11.1. The van der Waals surface area contributed by atoms with Gasteiger partial charge in [-0.15, -0.1) is 0 Å². The Kier molecular flexibility index (Phi) is 3.51. The number of rotatable bonds is 3. The molecular weight excluding hydrogens is 206 g/mol. The SMILES string of the molecule is O=C1CNCCN1c1cccc(CNO)c1. The molecule has 0 bridgehead atoms. The van der Waals surface area contributed by atoms with Crippen molar-refractivity contribution in [2.45, 2.75) is 6.54 Å². The maximum absolute atomic E-state index is 11.7. The van der Waals surface area contributed by atoms with Crippen LogP contribution in [0.3, 0.4) is 0 Å². The van der Waals surface area contributed by atoms with Gasteiger partial charge >= 0.3 is 0 Å².